The van der Waals surface area contributed by atoms with Gasteiger partial charge in [0.1, 0.15) is 17.3 Å². The molecule has 0 N–H and O–H groups in total. The van der Waals surface area contributed by atoms with Gasteiger partial charge in [-0.1, -0.05) is 35.3 Å². The maximum Gasteiger partial charge on any atom is 0.150 e. The van der Waals surface area contributed by atoms with Gasteiger partial charge in [0.15, 0.2) is 0 Å². The van der Waals surface area contributed by atoms with Crippen molar-refractivity contribution in [1.82, 2.24) is 0 Å². The van der Waals surface area contributed by atoms with Crippen LogP contribution in [0.4, 0.5) is 4.39 Å². The molecule has 0 bridgehead atoms. The van der Waals surface area contributed by atoms with Crippen molar-refractivity contribution in [3.63, 3.8) is 0 Å². The molecule has 100 valence electrons. The summed E-state index contributed by atoms with van der Waals surface area (Å²) in [7, 11) is 0. The zero-order valence-electron chi connectivity index (χ0n) is 9.39. The van der Waals surface area contributed by atoms with Crippen molar-refractivity contribution in [2.45, 2.75) is 5.88 Å². The lowest BCUT2D eigenvalue weighted by molar-refractivity contribution is 0.470. The van der Waals surface area contributed by atoms with Crippen molar-refractivity contribution in [1.29, 1.82) is 0 Å². The van der Waals surface area contributed by atoms with E-state index >= 15 is 0 Å². The first-order valence-corrected chi connectivity index (χ1v) is 7.27. The van der Waals surface area contributed by atoms with Gasteiger partial charge in [0, 0.05) is 11.6 Å². The van der Waals surface area contributed by atoms with Gasteiger partial charge in [0.25, 0.3) is 0 Å². The molecule has 2 rings (SSSR count). The molecule has 19 heavy (non-hydrogen) atoms. The molecule has 0 heterocycles. The fourth-order valence-corrected chi connectivity index (χ4v) is 2.63. The second kappa shape index (κ2) is 6.31. The molecule has 0 aliphatic rings. The quantitative estimate of drug-likeness (QED) is 0.438. The SMILES string of the molecule is Fc1cc(Oc2c(Cl)cccc2CCl)c(Br)cc1Cl. The molecule has 0 amide bonds. The maximum absolute atomic E-state index is 13.5. The van der Waals surface area contributed by atoms with Gasteiger partial charge in [-0.05, 0) is 28.1 Å². The van der Waals surface area contributed by atoms with Crippen LogP contribution in [0.5, 0.6) is 11.5 Å². The minimum atomic E-state index is -0.570. The smallest absolute Gasteiger partial charge is 0.150 e. The zero-order chi connectivity index (χ0) is 14.0. The highest BCUT2D eigenvalue weighted by Crippen LogP contribution is 2.38. The summed E-state index contributed by atoms with van der Waals surface area (Å²) in [6, 6.07) is 7.84. The molecule has 0 atom stereocenters. The minimum Gasteiger partial charge on any atom is -0.454 e. The van der Waals surface area contributed by atoms with Crippen LogP contribution in [0, 0.1) is 5.82 Å². The Balaban J connectivity index is 2.44. The molecule has 1 nitrogen and oxygen atoms in total. The standard InChI is InChI=1S/C13H7BrCl3FO/c14-8-4-10(17)11(18)5-12(8)19-13-7(6-15)2-1-3-9(13)16/h1-5H,6H2. The third-order valence-electron chi connectivity index (χ3n) is 2.38. The van der Waals surface area contributed by atoms with Crippen LogP contribution >= 0.6 is 50.7 Å². The summed E-state index contributed by atoms with van der Waals surface area (Å²) in [6.07, 6.45) is 0. The molecule has 0 aromatic heterocycles. The van der Waals surface area contributed by atoms with Gasteiger partial charge >= 0.3 is 0 Å². The van der Waals surface area contributed by atoms with Crippen LogP contribution in [-0.4, -0.2) is 0 Å². The predicted octanol–water partition coefficient (Wildman–Crippen LogP) is 6.43. The topological polar surface area (TPSA) is 9.23 Å². The Morgan fingerprint density at radius 3 is 2.58 bits per heavy atom. The van der Waals surface area contributed by atoms with Crippen LogP contribution in [-0.2, 0) is 5.88 Å². The molecule has 0 fully saturated rings. The number of halogens is 5. The van der Waals surface area contributed by atoms with Gasteiger partial charge in [-0.2, -0.15) is 0 Å². The van der Waals surface area contributed by atoms with E-state index in [-0.39, 0.29) is 16.7 Å². The number of ether oxygens (including phenoxy) is 1. The Hall–Kier alpha value is -0.480. The summed E-state index contributed by atoms with van der Waals surface area (Å²) < 4.78 is 19.6. The van der Waals surface area contributed by atoms with Crippen LogP contribution in [0.15, 0.2) is 34.8 Å². The molecule has 0 radical (unpaired) electrons. The first kappa shape index (κ1) is 14.9. The first-order valence-electron chi connectivity index (χ1n) is 5.18. The molecule has 2 aromatic carbocycles. The minimum absolute atomic E-state index is 0.0101. The van der Waals surface area contributed by atoms with Crippen LogP contribution in [0.3, 0.4) is 0 Å². The maximum atomic E-state index is 13.5. The average Bonchev–Trinajstić information content (AvgIpc) is 2.38. The van der Waals surface area contributed by atoms with Gasteiger partial charge < -0.3 is 4.74 Å². The van der Waals surface area contributed by atoms with Gasteiger partial charge in [0.05, 0.1) is 20.4 Å². The number of benzene rings is 2. The third kappa shape index (κ3) is 3.34. The molecule has 6 heteroatoms. The Kier molecular flexibility index (Phi) is 4.96. The molecular formula is C13H7BrCl3FO. The van der Waals surface area contributed by atoms with E-state index in [1.54, 1.807) is 18.2 Å². The van der Waals surface area contributed by atoms with Gasteiger partial charge in [-0.3, -0.25) is 0 Å². The number of para-hydroxylation sites is 1. The lowest BCUT2D eigenvalue weighted by Crippen LogP contribution is -1.92. The Bertz CT molecular complexity index is 619. The summed E-state index contributed by atoms with van der Waals surface area (Å²) in [5.41, 5.74) is 0.719. The number of hydrogen-bond donors (Lipinski definition) is 0. The predicted molar refractivity (Wildman–Crippen MR) is 80.2 cm³/mol. The van der Waals surface area contributed by atoms with Crippen molar-refractivity contribution in [2.75, 3.05) is 0 Å². The second-order valence-corrected chi connectivity index (χ2v) is 5.60. The Morgan fingerprint density at radius 2 is 1.89 bits per heavy atom. The van der Waals surface area contributed by atoms with Crippen LogP contribution in [0.25, 0.3) is 0 Å². The molecule has 0 saturated carbocycles. The Morgan fingerprint density at radius 1 is 1.16 bits per heavy atom. The highest BCUT2D eigenvalue weighted by molar-refractivity contribution is 9.10. The van der Waals surface area contributed by atoms with E-state index in [2.05, 4.69) is 15.9 Å². The van der Waals surface area contributed by atoms with E-state index < -0.39 is 5.82 Å². The number of alkyl halides is 1. The van der Waals surface area contributed by atoms with E-state index in [0.717, 1.165) is 5.56 Å². The van der Waals surface area contributed by atoms with Gasteiger partial charge in [0.2, 0.25) is 0 Å². The molecule has 2 aromatic rings. The second-order valence-electron chi connectivity index (χ2n) is 3.66. The molecular weight excluding hydrogens is 377 g/mol. The fraction of sp³-hybridized carbons (Fsp3) is 0.0769. The molecule has 0 saturated heterocycles. The van der Waals surface area contributed by atoms with Crippen LogP contribution in [0.1, 0.15) is 5.56 Å². The van der Waals surface area contributed by atoms with Crippen LogP contribution in [0.2, 0.25) is 10.0 Å². The van der Waals surface area contributed by atoms with Gasteiger partial charge in [-0.25, -0.2) is 4.39 Å². The van der Waals surface area contributed by atoms with E-state index in [9.17, 15) is 4.39 Å². The van der Waals surface area contributed by atoms with Gasteiger partial charge in [-0.15, -0.1) is 11.6 Å². The highest BCUT2D eigenvalue weighted by Gasteiger charge is 2.13. The molecule has 0 aliphatic carbocycles. The summed E-state index contributed by atoms with van der Waals surface area (Å²) in [6.45, 7) is 0. The number of rotatable bonds is 3. The van der Waals surface area contributed by atoms with Crippen LogP contribution < -0.4 is 4.74 Å². The lowest BCUT2D eigenvalue weighted by atomic mass is 10.2. The highest BCUT2D eigenvalue weighted by atomic mass is 79.9. The average molecular weight is 384 g/mol. The zero-order valence-corrected chi connectivity index (χ0v) is 13.2. The van der Waals surface area contributed by atoms with Crippen molar-refractivity contribution in [3.05, 3.63) is 56.2 Å². The van der Waals surface area contributed by atoms with E-state index in [1.807, 2.05) is 0 Å². The van der Waals surface area contributed by atoms with E-state index in [1.165, 1.54) is 12.1 Å². The first-order chi connectivity index (χ1) is 9.02. The summed E-state index contributed by atoms with van der Waals surface area (Å²) in [5.74, 6) is 0.353. The van der Waals surface area contributed by atoms with E-state index in [4.69, 9.17) is 39.5 Å². The molecule has 0 aliphatic heterocycles. The molecule has 0 unspecified atom stereocenters. The van der Waals surface area contributed by atoms with Crippen molar-refractivity contribution >= 4 is 50.7 Å². The third-order valence-corrected chi connectivity index (χ3v) is 3.87. The monoisotopic (exact) mass is 382 g/mol. The van der Waals surface area contributed by atoms with E-state index in [0.29, 0.717) is 15.2 Å². The number of hydrogen-bond acceptors (Lipinski definition) is 1. The Labute approximate surface area is 133 Å². The fourth-order valence-electron chi connectivity index (χ4n) is 1.47. The largest absolute Gasteiger partial charge is 0.454 e. The molecule has 0 spiro atoms. The summed E-state index contributed by atoms with van der Waals surface area (Å²) >= 11 is 20.8. The normalized spacial score (nSPS) is 10.6. The lowest BCUT2D eigenvalue weighted by Gasteiger charge is -2.13. The van der Waals surface area contributed by atoms with Crippen molar-refractivity contribution < 1.29 is 9.13 Å². The van der Waals surface area contributed by atoms with Crippen molar-refractivity contribution in [2.24, 2.45) is 0 Å². The summed E-state index contributed by atoms with van der Waals surface area (Å²) in [4.78, 5) is 0. The summed E-state index contributed by atoms with van der Waals surface area (Å²) in [5, 5.41) is 0.413. The van der Waals surface area contributed by atoms with Crippen molar-refractivity contribution in [3.8, 4) is 11.5 Å².